The Hall–Kier alpha value is -1.88. The van der Waals surface area contributed by atoms with E-state index in [-0.39, 0.29) is 18.4 Å². The number of hydrogen-bond donors (Lipinski definition) is 2. The Morgan fingerprint density at radius 1 is 1.47 bits per heavy atom. The van der Waals surface area contributed by atoms with Crippen LogP contribution in [0.1, 0.15) is 29.8 Å². The molecule has 0 fully saturated rings. The minimum Gasteiger partial charge on any atom is -0.394 e. The van der Waals surface area contributed by atoms with Crippen molar-refractivity contribution in [1.82, 2.24) is 4.90 Å². The summed E-state index contributed by atoms with van der Waals surface area (Å²) in [5, 5.41) is 12.0. The van der Waals surface area contributed by atoms with Crippen LogP contribution in [0.25, 0.3) is 0 Å². The lowest BCUT2D eigenvalue weighted by Gasteiger charge is -2.34. The SMILES string of the molecule is CN(C(=O)c1ccc2c(c1)NC(=O)C2)C(C)(C)CO. The van der Waals surface area contributed by atoms with Crippen LogP contribution in [0.3, 0.4) is 0 Å². The lowest BCUT2D eigenvalue weighted by atomic mass is 10.0. The number of aliphatic hydroxyl groups is 1. The number of amides is 2. The molecule has 0 saturated carbocycles. The highest BCUT2D eigenvalue weighted by Crippen LogP contribution is 2.25. The van der Waals surface area contributed by atoms with Gasteiger partial charge >= 0.3 is 0 Å². The van der Waals surface area contributed by atoms with Gasteiger partial charge in [-0.1, -0.05) is 6.07 Å². The summed E-state index contributed by atoms with van der Waals surface area (Å²) in [5.41, 5.74) is 1.49. The highest BCUT2D eigenvalue weighted by molar-refractivity contribution is 6.02. The van der Waals surface area contributed by atoms with Crippen molar-refractivity contribution in [2.75, 3.05) is 19.0 Å². The van der Waals surface area contributed by atoms with Gasteiger partial charge in [0.15, 0.2) is 0 Å². The van der Waals surface area contributed by atoms with E-state index < -0.39 is 5.54 Å². The minimum atomic E-state index is -0.626. The third-order valence-electron chi connectivity index (χ3n) is 3.58. The molecule has 1 heterocycles. The minimum absolute atomic E-state index is 0.0522. The lowest BCUT2D eigenvalue weighted by molar-refractivity contribution is -0.115. The molecule has 1 aliphatic heterocycles. The van der Waals surface area contributed by atoms with Crippen molar-refractivity contribution in [1.29, 1.82) is 0 Å². The maximum absolute atomic E-state index is 12.3. The van der Waals surface area contributed by atoms with Crippen LogP contribution in [0.4, 0.5) is 5.69 Å². The molecule has 0 aliphatic carbocycles. The van der Waals surface area contributed by atoms with Crippen molar-refractivity contribution in [3.05, 3.63) is 29.3 Å². The molecule has 0 atom stereocenters. The highest BCUT2D eigenvalue weighted by atomic mass is 16.3. The number of aliphatic hydroxyl groups excluding tert-OH is 1. The maximum Gasteiger partial charge on any atom is 0.254 e. The number of hydrogen-bond acceptors (Lipinski definition) is 3. The molecule has 2 rings (SSSR count). The van der Waals surface area contributed by atoms with Crippen molar-refractivity contribution in [2.24, 2.45) is 0 Å². The van der Waals surface area contributed by atoms with Crippen molar-refractivity contribution < 1.29 is 14.7 Å². The number of nitrogens with one attached hydrogen (secondary N) is 1. The predicted molar refractivity (Wildman–Crippen MR) is 72.0 cm³/mol. The third-order valence-corrected chi connectivity index (χ3v) is 3.58. The molecule has 19 heavy (non-hydrogen) atoms. The monoisotopic (exact) mass is 262 g/mol. The van der Waals surface area contributed by atoms with Gasteiger partial charge in [0.25, 0.3) is 5.91 Å². The second kappa shape index (κ2) is 4.66. The fourth-order valence-corrected chi connectivity index (χ4v) is 1.92. The molecule has 2 N–H and O–H groups in total. The third kappa shape index (κ3) is 2.46. The number of anilines is 1. The first-order chi connectivity index (χ1) is 8.85. The van der Waals surface area contributed by atoms with Gasteiger partial charge in [0.2, 0.25) is 5.91 Å². The number of likely N-dealkylation sites (N-methyl/N-ethyl adjacent to an activating group) is 1. The Labute approximate surface area is 112 Å². The van der Waals surface area contributed by atoms with Crippen molar-refractivity contribution in [2.45, 2.75) is 25.8 Å². The normalized spacial score (nSPS) is 14.0. The second-order valence-corrected chi connectivity index (χ2v) is 5.43. The summed E-state index contributed by atoms with van der Waals surface area (Å²) < 4.78 is 0. The Morgan fingerprint density at radius 3 is 2.79 bits per heavy atom. The van der Waals surface area contributed by atoms with E-state index in [4.69, 9.17) is 0 Å². The zero-order valence-electron chi connectivity index (χ0n) is 11.4. The molecule has 0 spiro atoms. The Kier molecular flexibility index (Phi) is 3.32. The van der Waals surface area contributed by atoms with E-state index in [2.05, 4.69) is 5.32 Å². The number of carbonyl (C=O) groups is 2. The summed E-state index contributed by atoms with van der Waals surface area (Å²) in [6.07, 6.45) is 0.363. The fraction of sp³-hybridized carbons (Fsp3) is 0.429. The molecule has 1 aromatic carbocycles. The van der Waals surface area contributed by atoms with Gasteiger partial charge in [-0.15, -0.1) is 0 Å². The van der Waals surface area contributed by atoms with Crippen LogP contribution in [-0.2, 0) is 11.2 Å². The molecule has 5 nitrogen and oxygen atoms in total. The Bertz CT molecular complexity index is 537. The van der Waals surface area contributed by atoms with Crippen molar-refractivity contribution in [3.63, 3.8) is 0 Å². The van der Waals surface area contributed by atoms with Crippen molar-refractivity contribution in [3.8, 4) is 0 Å². The number of carbonyl (C=O) groups excluding carboxylic acids is 2. The number of nitrogens with zero attached hydrogens (tertiary/aromatic N) is 1. The molecule has 0 bridgehead atoms. The van der Waals surface area contributed by atoms with Crippen LogP contribution in [0, 0.1) is 0 Å². The van der Waals surface area contributed by atoms with E-state index in [1.165, 1.54) is 4.90 Å². The maximum atomic E-state index is 12.3. The summed E-state index contributed by atoms with van der Waals surface area (Å²) in [6.45, 7) is 3.47. The summed E-state index contributed by atoms with van der Waals surface area (Å²) in [6, 6.07) is 5.19. The zero-order valence-corrected chi connectivity index (χ0v) is 11.4. The number of rotatable bonds is 3. The number of fused-ring (bicyclic) bond motifs is 1. The molecule has 5 heteroatoms. The first kappa shape index (κ1) is 13.5. The van der Waals surface area contributed by atoms with Crippen LogP contribution >= 0.6 is 0 Å². The Morgan fingerprint density at radius 2 is 2.16 bits per heavy atom. The van der Waals surface area contributed by atoms with Crippen molar-refractivity contribution >= 4 is 17.5 Å². The van der Waals surface area contributed by atoms with E-state index >= 15 is 0 Å². The average molecular weight is 262 g/mol. The first-order valence-corrected chi connectivity index (χ1v) is 6.17. The van der Waals surface area contributed by atoms with Gasteiger partial charge in [0.1, 0.15) is 0 Å². The number of benzene rings is 1. The van der Waals surface area contributed by atoms with Gasteiger partial charge < -0.3 is 15.3 Å². The zero-order chi connectivity index (χ0) is 14.2. The summed E-state index contributed by atoms with van der Waals surface area (Å²) in [4.78, 5) is 25.1. The largest absolute Gasteiger partial charge is 0.394 e. The molecule has 0 unspecified atom stereocenters. The first-order valence-electron chi connectivity index (χ1n) is 6.17. The van der Waals surface area contributed by atoms with Crippen LogP contribution in [0.2, 0.25) is 0 Å². The molecule has 0 saturated heterocycles. The van der Waals surface area contributed by atoms with Crippen LogP contribution in [0.15, 0.2) is 18.2 Å². The average Bonchev–Trinajstić information content (AvgIpc) is 2.75. The van der Waals surface area contributed by atoms with Crippen LogP contribution in [0.5, 0.6) is 0 Å². The molecule has 0 aromatic heterocycles. The Balaban J connectivity index is 2.26. The van der Waals surface area contributed by atoms with Gasteiger partial charge in [-0.3, -0.25) is 9.59 Å². The summed E-state index contributed by atoms with van der Waals surface area (Å²) in [7, 11) is 1.66. The molecule has 2 amide bonds. The standard InChI is InChI=1S/C14H18N2O3/c1-14(2,8-17)16(3)13(19)10-5-4-9-7-12(18)15-11(9)6-10/h4-6,17H,7-8H2,1-3H3,(H,15,18). The molecular weight excluding hydrogens is 244 g/mol. The van der Waals surface area contributed by atoms with Crippen LogP contribution in [-0.4, -0.2) is 41.0 Å². The van der Waals surface area contributed by atoms with Crippen LogP contribution < -0.4 is 5.32 Å². The van der Waals surface area contributed by atoms with E-state index in [1.807, 2.05) is 0 Å². The van der Waals surface area contributed by atoms with Gasteiger partial charge in [0, 0.05) is 18.3 Å². The summed E-state index contributed by atoms with van der Waals surface area (Å²) >= 11 is 0. The molecule has 1 aliphatic rings. The topological polar surface area (TPSA) is 69.6 Å². The predicted octanol–water partition coefficient (Wildman–Crippen LogP) is 1.02. The van der Waals surface area contributed by atoms with E-state index in [9.17, 15) is 14.7 Å². The fourth-order valence-electron chi connectivity index (χ4n) is 1.92. The van der Waals surface area contributed by atoms with Gasteiger partial charge in [-0.2, -0.15) is 0 Å². The quantitative estimate of drug-likeness (QED) is 0.854. The van der Waals surface area contributed by atoms with Gasteiger partial charge in [-0.05, 0) is 31.5 Å². The summed E-state index contributed by atoms with van der Waals surface area (Å²) in [5.74, 6) is -0.230. The molecule has 1 aromatic rings. The molecular formula is C14H18N2O3. The van der Waals surface area contributed by atoms with E-state index in [0.29, 0.717) is 17.7 Å². The lowest BCUT2D eigenvalue weighted by Crippen LogP contribution is -2.47. The smallest absolute Gasteiger partial charge is 0.254 e. The second-order valence-electron chi connectivity index (χ2n) is 5.43. The van der Waals surface area contributed by atoms with E-state index in [1.54, 1.807) is 39.1 Å². The molecule has 0 radical (unpaired) electrons. The highest BCUT2D eigenvalue weighted by Gasteiger charge is 2.28. The van der Waals surface area contributed by atoms with Gasteiger partial charge in [-0.25, -0.2) is 0 Å². The molecule has 102 valence electrons. The van der Waals surface area contributed by atoms with E-state index in [0.717, 1.165) is 5.56 Å². The van der Waals surface area contributed by atoms with Gasteiger partial charge in [0.05, 0.1) is 18.6 Å².